The molecule has 1 aromatic heterocycles. The van der Waals surface area contributed by atoms with Gasteiger partial charge in [-0.1, -0.05) is 32.6 Å². The Labute approximate surface area is 122 Å². The second-order valence-corrected chi connectivity index (χ2v) is 7.52. The van der Waals surface area contributed by atoms with Crippen LogP contribution in [-0.4, -0.2) is 6.04 Å². The third-order valence-electron chi connectivity index (χ3n) is 4.46. The van der Waals surface area contributed by atoms with E-state index in [-0.39, 0.29) is 0 Å². The highest BCUT2D eigenvalue weighted by Gasteiger charge is 2.20. The molecule has 1 aromatic rings. The Kier molecular flexibility index (Phi) is 5.90. The topological polar surface area (TPSA) is 12.0 Å². The zero-order valence-corrected chi connectivity index (χ0v) is 13.6. The van der Waals surface area contributed by atoms with Gasteiger partial charge in [0.25, 0.3) is 0 Å². The van der Waals surface area contributed by atoms with Gasteiger partial charge in [0.2, 0.25) is 0 Å². The number of thiophene rings is 1. The lowest BCUT2D eigenvalue weighted by atomic mass is 9.95. The SMILES string of the molecule is CCCC1CCCC(NC(C)c2ccc(C)s2)CC1. The fourth-order valence-electron chi connectivity index (χ4n) is 3.36. The van der Waals surface area contributed by atoms with E-state index in [0.29, 0.717) is 6.04 Å². The van der Waals surface area contributed by atoms with Crippen molar-refractivity contribution in [2.75, 3.05) is 0 Å². The molecule has 1 N–H and O–H groups in total. The van der Waals surface area contributed by atoms with Crippen molar-refractivity contribution in [3.63, 3.8) is 0 Å². The number of rotatable bonds is 5. The lowest BCUT2D eigenvalue weighted by molar-refractivity contribution is 0.394. The summed E-state index contributed by atoms with van der Waals surface area (Å²) in [5.41, 5.74) is 0. The van der Waals surface area contributed by atoms with E-state index in [1.807, 2.05) is 11.3 Å². The maximum absolute atomic E-state index is 3.86. The van der Waals surface area contributed by atoms with Crippen LogP contribution in [0.1, 0.15) is 74.6 Å². The summed E-state index contributed by atoms with van der Waals surface area (Å²) in [6.45, 7) is 6.84. The molecule has 0 radical (unpaired) electrons. The predicted octanol–water partition coefficient (Wildman–Crippen LogP) is 5.46. The van der Waals surface area contributed by atoms with Crippen LogP contribution < -0.4 is 5.32 Å². The highest BCUT2D eigenvalue weighted by atomic mass is 32.1. The molecule has 1 aliphatic rings. The fourth-order valence-corrected chi connectivity index (χ4v) is 4.25. The average molecular weight is 279 g/mol. The normalized spacial score (nSPS) is 26.1. The van der Waals surface area contributed by atoms with Gasteiger partial charge in [-0.3, -0.25) is 0 Å². The molecule has 1 nitrogen and oxygen atoms in total. The minimum Gasteiger partial charge on any atom is -0.307 e. The molecule has 19 heavy (non-hydrogen) atoms. The summed E-state index contributed by atoms with van der Waals surface area (Å²) in [5.74, 6) is 0.996. The molecule has 0 amide bonds. The maximum Gasteiger partial charge on any atom is 0.0388 e. The van der Waals surface area contributed by atoms with Gasteiger partial charge >= 0.3 is 0 Å². The predicted molar refractivity (Wildman–Crippen MR) is 85.9 cm³/mol. The van der Waals surface area contributed by atoms with E-state index in [4.69, 9.17) is 0 Å². The van der Waals surface area contributed by atoms with Gasteiger partial charge < -0.3 is 5.32 Å². The van der Waals surface area contributed by atoms with Crippen LogP contribution in [-0.2, 0) is 0 Å². The molecule has 0 aliphatic heterocycles. The third kappa shape index (κ3) is 4.61. The van der Waals surface area contributed by atoms with Crippen LogP contribution in [0.5, 0.6) is 0 Å². The molecule has 1 aliphatic carbocycles. The van der Waals surface area contributed by atoms with Crippen molar-refractivity contribution in [2.24, 2.45) is 5.92 Å². The summed E-state index contributed by atoms with van der Waals surface area (Å²) in [6.07, 6.45) is 9.84. The molecule has 0 saturated heterocycles. The van der Waals surface area contributed by atoms with Gasteiger partial charge in [0, 0.05) is 21.8 Å². The monoisotopic (exact) mass is 279 g/mol. The van der Waals surface area contributed by atoms with Crippen LogP contribution >= 0.6 is 11.3 Å². The molecule has 3 unspecified atom stereocenters. The van der Waals surface area contributed by atoms with Gasteiger partial charge in [0.05, 0.1) is 0 Å². The summed E-state index contributed by atoms with van der Waals surface area (Å²) >= 11 is 1.94. The second kappa shape index (κ2) is 7.44. The first kappa shape index (κ1) is 15.1. The average Bonchev–Trinajstić information content (AvgIpc) is 2.70. The quantitative estimate of drug-likeness (QED) is 0.706. The summed E-state index contributed by atoms with van der Waals surface area (Å²) in [4.78, 5) is 2.92. The van der Waals surface area contributed by atoms with Crippen LogP contribution in [0, 0.1) is 12.8 Å². The molecule has 1 fully saturated rings. The first-order chi connectivity index (χ1) is 9.19. The lowest BCUT2D eigenvalue weighted by Crippen LogP contribution is -2.30. The Morgan fingerprint density at radius 1 is 1.26 bits per heavy atom. The Bertz CT molecular complexity index is 371. The molecular formula is C17H29NS. The van der Waals surface area contributed by atoms with E-state index in [0.717, 1.165) is 12.0 Å². The third-order valence-corrected chi connectivity index (χ3v) is 5.64. The van der Waals surface area contributed by atoms with Crippen LogP contribution in [0.2, 0.25) is 0 Å². The van der Waals surface area contributed by atoms with E-state index in [2.05, 4.69) is 38.2 Å². The Morgan fingerprint density at radius 2 is 2.11 bits per heavy atom. The van der Waals surface area contributed by atoms with E-state index in [9.17, 15) is 0 Å². The largest absolute Gasteiger partial charge is 0.307 e. The summed E-state index contributed by atoms with van der Waals surface area (Å²) < 4.78 is 0. The molecule has 2 rings (SSSR count). The van der Waals surface area contributed by atoms with Crippen molar-refractivity contribution < 1.29 is 0 Å². The molecule has 3 atom stereocenters. The smallest absolute Gasteiger partial charge is 0.0388 e. The van der Waals surface area contributed by atoms with Gasteiger partial charge in [-0.2, -0.15) is 0 Å². The van der Waals surface area contributed by atoms with Crippen molar-refractivity contribution in [1.82, 2.24) is 5.32 Å². The number of aryl methyl sites for hydroxylation is 1. The molecule has 0 spiro atoms. The summed E-state index contributed by atoms with van der Waals surface area (Å²) in [6, 6.07) is 5.78. The van der Waals surface area contributed by atoms with Crippen LogP contribution in [0.25, 0.3) is 0 Å². The van der Waals surface area contributed by atoms with Gasteiger partial charge in [-0.25, -0.2) is 0 Å². The second-order valence-electron chi connectivity index (χ2n) is 6.20. The number of hydrogen-bond donors (Lipinski definition) is 1. The van der Waals surface area contributed by atoms with Crippen LogP contribution in [0.4, 0.5) is 0 Å². The van der Waals surface area contributed by atoms with Gasteiger partial charge in [0.15, 0.2) is 0 Å². The van der Waals surface area contributed by atoms with Crippen molar-refractivity contribution >= 4 is 11.3 Å². The van der Waals surface area contributed by atoms with Crippen molar-refractivity contribution in [3.8, 4) is 0 Å². The molecule has 0 bridgehead atoms. The highest BCUT2D eigenvalue weighted by molar-refractivity contribution is 7.12. The molecule has 2 heteroatoms. The fraction of sp³-hybridized carbons (Fsp3) is 0.765. The number of nitrogens with one attached hydrogen (secondary N) is 1. The molecular weight excluding hydrogens is 250 g/mol. The molecule has 108 valence electrons. The Morgan fingerprint density at radius 3 is 2.79 bits per heavy atom. The van der Waals surface area contributed by atoms with Crippen LogP contribution in [0.15, 0.2) is 12.1 Å². The number of hydrogen-bond acceptors (Lipinski definition) is 2. The zero-order valence-electron chi connectivity index (χ0n) is 12.7. The van der Waals surface area contributed by atoms with E-state index in [1.54, 1.807) is 0 Å². The van der Waals surface area contributed by atoms with Gasteiger partial charge in [0.1, 0.15) is 0 Å². The molecule has 0 aromatic carbocycles. The Hall–Kier alpha value is -0.340. The van der Waals surface area contributed by atoms with Crippen LogP contribution in [0.3, 0.4) is 0 Å². The first-order valence-electron chi connectivity index (χ1n) is 8.01. The van der Waals surface area contributed by atoms with E-state index in [1.165, 1.54) is 54.7 Å². The zero-order chi connectivity index (χ0) is 13.7. The molecule has 1 saturated carbocycles. The highest BCUT2D eigenvalue weighted by Crippen LogP contribution is 2.29. The standard InChI is InChI=1S/C17H29NS/c1-4-6-15-7-5-8-16(11-10-15)18-14(3)17-12-9-13(2)19-17/h9,12,14-16,18H,4-8,10-11H2,1-3H3. The summed E-state index contributed by atoms with van der Waals surface area (Å²) in [7, 11) is 0. The Balaban J connectivity index is 1.82. The first-order valence-corrected chi connectivity index (χ1v) is 8.83. The van der Waals surface area contributed by atoms with Crippen molar-refractivity contribution in [3.05, 3.63) is 21.9 Å². The van der Waals surface area contributed by atoms with E-state index >= 15 is 0 Å². The lowest BCUT2D eigenvalue weighted by Gasteiger charge is -2.21. The molecule has 1 heterocycles. The van der Waals surface area contributed by atoms with Gasteiger partial charge in [-0.05, 0) is 51.2 Å². The van der Waals surface area contributed by atoms with E-state index < -0.39 is 0 Å². The minimum absolute atomic E-state index is 0.520. The minimum atomic E-state index is 0.520. The van der Waals surface area contributed by atoms with Crippen molar-refractivity contribution in [2.45, 2.75) is 77.8 Å². The summed E-state index contributed by atoms with van der Waals surface area (Å²) in [5, 5.41) is 3.86. The van der Waals surface area contributed by atoms with Gasteiger partial charge in [-0.15, -0.1) is 11.3 Å². The van der Waals surface area contributed by atoms with Crippen molar-refractivity contribution in [1.29, 1.82) is 0 Å². The maximum atomic E-state index is 3.86.